The highest BCUT2D eigenvalue weighted by Crippen LogP contribution is 2.17. The van der Waals surface area contributed by atoms with E-state index in [1.54, 1.807) is 0 Å². The quantitative estimate of drug-likeness (QED) is 0.0262. The fourth-order valence-electron chi connectivity index (χ4n) is 8.68. The van der Waals surface area contributed by atoms with E-state index in [9.17, 15) is 14.4 Å². The lowest BCUT2D eigenvalue weighted by atomic mass is 10.0. The molecule has 64 heavy (non-hydrogen) atoms. The number of carbonyl (C=O) groups is 3. The van der Waals surface area contributed by atoms with Crippen LogP contribution in [0.4, 0.5) is 0 Å². The number of hydrogen-bond donors (Lipinski definition) is 0. The van der Waals surface area contributed by atoms with E-state index in [-0.39, 0.29) is 31.1 Å². The van der Waals surface area contributed by atoms with Crippen molar-refractivity contribution in [2.75, 3.05) is 13.2 Å². The first-order valence-corrected chi connectivity index (χ1v) is 28.7. The molecule has 378 valence electrons. The van der Waals surface area contributed by atoms with E-state index in [4.69, 9.17) is 14.2 Å². The van der Waals surface area contributed by atoms with Gasteiger partial charge in [0.1, 0.15) is 13.2 Å². The molecular formula is C58H110O6. The molecule has 0 N–H and O–H groups in total. The van der Waals surface area contributed by atoms with Crippen molar-refractivity contribution in [1.29, 1.82) is 0 Å². The maximum absolute atomic E-state index is 12.7. The van der Waals surface area contributed by atoms with Crippen LogP contribution in [0.1, 0.15) is 323 Å². The molecule has 1 unspecified atom stereocenters. The fraction of sp³-hybridized carbons (Fsp3) is 0.914. The van der Waals surface area contributed by atoms with Crippen LogP contribution in [-0.4, -0.2) is 37.2 Å². The highest BCUT2D eigenvalue weighted by molar-refractivity contribution is 5.71. The Hall–Kier alpha value is -1.85. The molecule has 0 aliphatic carbocycles. The number of ether oxygens (including phenoxy) is 3. The fourth-order valence-corrected chi connectivity index (χ4v) is 8.68. The normalized spacial score (nSPS) is 12.0. The van der Waals surface area contributed by atoms with Crippen LogP contribution < -0.4 is 0 Å². The first-order valence-electron chi connectivity index (χ1n) is 28.7. The van der Waals surface area contributed by atoms with Gasteiger partial charge in [-0.2, -0.15) is 0 Å². The number of rotatable bonds is 53. The van der Waals surface area contributed by atoms with Crippen LogP contribution in [0.5, 0.6) is 0 Å². The summed E-state index contributed by atoms with van der Waals surface area (Å²) in [5, 5.41) is 0. The summed E-state index contributed by atoms with van der Waals surface area (Å²) in [5.74, 6) is -0.874. The van der Waals surface area contributed by atoms with E-state index < -0.39 is 6.10 Å². The van der Waals surface area contributed by atoms with Crippen LogP contribution in [-0.2, 0) is 28.6 Å². The summed E-state index contributed by atoms with van der Waals surface area (Å²) in [6.45, 7) is 6.59. The first kappa shape index (κ1) is 62.1. The minimum atomic E-state index is -0.766. The van der Waals surface area contributed by atoms with E-state index in [2.05, 4.69) is 32.9 Å². The van der Waals surface area contributed by atoms with E-state index in [0.717, 1.165) is 70.6 Å². The molecule has 6 nitrogen and oxygen atoms in total. The lowest BCUT2D eigenvalue weighted by Crippen LogP contribution is -2.30. The standard InChI is InChI=1S/C58H110O6/c1-4-7-10-13-15-17-19-21-23-24-25-26-27-28-29-30-31-32-33-35-36-38-40-42-45-48-51-57(60)63-54-55(53-62-56(59)50-47-44-12-9-6-3)64-58(61)52-49-46-43-41-39-37-34-22-20-18-16-14-11-8-5-2/h22,34,55H,4-21,23-33,35-54H2,1-3H3/b34-22-. The first-order chi connectivity index (χ1) is 31.5. The third-order valence-electron chi connectivity index (χ3n) is 13.0. The van der Waals surface area contributed by atoms with Crippen LogP contribution >= 0.6 is 0 Å². The summed E-state index contributed by atoms with van der Waals surface area (Å²) < 4.78 is 16.7. The van der Waals surface area contributed by atoms with Crippen molar-refractivity contribution in [2.45, 2.75) is 329 Å². The zero-order chi connectivity index (χ0) is 46.5. The minimum Gasteiger partial charge on any atom is -0.462 e. The highest BCUT2D eigenvalue weighted by Gasteiger charge is 2.19. The average molecular weight is 904 g/mol. The number of allylic oxidation sites excluding steroid dienone is 2. The SMILES string of the molecule is CCCCCCCC/C=C\CCCCCCCC(=O)OC(COC(=O)CCCCCCC)COC(=O)CCCCCCCCCCCCCCCCCCCCCCCCCCCC. The third-order valence-corrected chi connectivity index (χ3v) is 13.0. The van der Waals surface area contributed by atoms with Crippen LogP contribution in [0.25, 0.3) is 0 Å². The summed E-state index contributed by atoms with van der Waals surface area (Å²) >= 11 is 0. The molecule has 0 saturated carbocycles. The monoisotopic (exact) mass is 903 g/mol. The summed E-state index contributed by atoms with van der Waals surface area (Å²) in [6.07, 6.45) is 61.2. The molecule has 0 amide bonds. The van der Waals surface area contributed by atoms with Crippen molar-refractivity contribution in [3.63, 3.8) is 0 Å². The summed E-state index contributed by atoms with van der Waals surface area (Å²) in [6, 6.07) is 0. The average Bonchev–Trinajstić information content (AvgIpc) is 3.29. The van der Waals surface area contributed by atoms with Crippen LogP contribution in [0.15, 0.2) is 12.2 Å². The molecule has 0 saturated heterocycles. The van der Waals surface area contributed by atoms with Gasteiger partial charge in [-0.3, -0.25) is 14.4 Å². The number of unbranched alkanes of at least 4 members (excludes halogenated alkanes) is 40. The van der Waals surface area contributed by atoms with Crippen molar-refractivity contribution in [3.8, 4) is 0 Å². The van der Waals surface area contributed by atoms with Gasteiger partial charge in [0, 0.05) is 19.3 Å². The van der Waals surface area contributed by atoms with Gasteiger partial charge >= 0.3 is 17.9 Å². The van der Waals surface area contributed by atoms with Crippen LogP contribution in [0.2, 0.25) is 0 Å². The molecular weight excluding hydrogens is 793 g/mol. The maximum Gasteiger partial charge on any atom is 0.306 e. The van der Waals surface area contributed by atoms with Gasteiger partial charge in [-0.25, -0.2) is 0 Å². The zero-order valence-corrected chi connectivity index (χ0v) is 43.3. The van der Waals surface area contributed by atoms with Gasteiger partial charge in [0.25, 0.3) is 0 Å². The second-order valence-corrected chi connectivity index (χ2v) is 19.6. The van der Waals surface area contributed by atoms with Crippen LogP contribution in [0, 0.1) is 0 Å². The molecule has 0 aromatic heterocycles. The number of carbonyl (C=O) groups excluding carboxylic acids is 3. The molecule has 0 radical (unpaired) electrons. The summed E-state index contributed by atoms with van der Waals surface area (Å²) in [5.41, 5.74) is 0. The smallest absolute Gasteiger partial charge is 0.306 e. The largest absolute Gasteiger partial charge is 0.462 e. The van der Waals surface area contributed by atoms with E-state index >= 15 is 0 Å². The van der Waals surface area contributed by atoms with Gasteiger partial charge < -0.3 is 14.2 Å². The van der Waals surface area contributed by atoms with Crippen molar-refractivity contribution in [1.82, 2.24) is 0 Å². The molecule has 0 aromatic carbocycles. The molecule has 0 fully saturated rings. The molecule has 1 atom stereocenters. The van der Waals surface area contributed by atoms with Gasteiger partial charge in [-0.05, 0) is 44.9 Å². The Morgan fingerprint density at radius 2 is 0.516 bits per heavy atom. The second-order valence-electron chi connectivity index (χ2n) is 19.6. The van der Waals surface area contributed by atoms with Crippen molar-refractivity contribution < 1.29 is 28.6 Å². The lowest BCUT2D eigenvalue weighted by Gasteiger charge is -2.18. The Bertz CT molecular complexity index is 993. The van der Waals surface area contributed by atoms with Gasteiger partial charge in [-0.15, -0.1) is 0 Å². The van der Waals surface area contributed by atoms with Crippen molar-refractivity contribution in [3.05, 3.63) is 12.2 Å². The van der Waals surface area contributed by atoms with Crippen LogP contribution in [0.3, 0.4) is 0 Å². The number of esters is 3. The van der Waals surface area contributed by atoms with Gasteiger partial charge in [0.2, 0.25) is 0 Å². The predicted octanol–water partition coefficient (Wildman–Crippen LogP) is 18.9. The van der Waals surface area contributed by atoms with E-state index in [1.165, 1.54) is 212 Å². The third kappa shape index (κ3) is 51.1. The molecule has 0 bridgehead atoms. The Balaban J connectivity index is 3.98. The molecule has 0 aromatic rings. The second kappa shape index (κ2) is 53.8. The molecule has 0 rings (SSSR count). The Morgan fingerprint density at radius 3 is 0.781 bits per heavy atom. The minimum absolute atomic E-state index is 0.0692. The molecule has 0 aliphatic heterocycles. The highest BCUT2D eigenvalue weighted by atomic mass is 16.6. The Kier molecular flexibility index (Phi) is 52.2. The maximum atomic E-state index is 12.7. The topological polar surface area (TPSA) is 78.9 Å². The van der Waals surface area contributed by atoms with Crippen molar-refractivity contribution in [2.24, 2.45) is 0 Å². The van der Waals surface area contributed by atoms with E-state index in [1.807, 2.05) is 0 Å². The molecule has 0 aliphatic rings. The summed E-state index contributed by atoms with van der Waals surface area (Å²) in [7, 11) is 0. The number of hydrogen-bond acceptors (Lipinski definition) is 6. The molecule has 6 heteroatoms. The lowest BCUT2D eigenvalue weighted by molar-refractivity contribution is -0.167. The van der Waals surface area contributed by atoms with Gasteiger partial charge in [0.05, 0.1) is 0 Å². The van der Waals surface area contributed by atoms with Gasteiger partial charge in [0.15, 0.2) is 6.10 Å². The zero-order valence-electron chi connectivity index (χ0n) is 43.3. The molecule has 0 heterocycles. The predicted molar refractivity (Wildman–Crippen MR) is 275 cm³/mol. The Morgan fingerprint density at radius 1 is 0.297 bits per heavy atom. The van der Waals surface area contributed by atoms with E-state index in [0.29, 0.717) is 19.3 Å². The molecule has 0 spiro atoms. The Labute approximate surface area is 399 Å². The van der Waals surface area contributed by atoms with Crippen molar-refractivity contribution >= 4 is 17.9 Å². The van der Waals surface area contributed by atoms with Gasteiger partial charge in [-0.1, -0.05) is 270 Å². The summed E-state index contributed by atoms with van der Waals surface area (Å²) in [4.78, 5) is 37.7.